The van der Waals surface area contributed by atoms with Crippen molar-refractivity contribution in [2.24, 2.45) is 34.4 Å². The van der Waals surface area contributed by atoms with Crippen LogP contribution in [0.1, 0.15) is 108 Å². The second-order valence-corrected chi connectivity index (χ2v) is 14.0. The first kappa shape index (κ1) is 49.7. The average molecular weight is 793 g/mol. The van der Waals surface area contributed by atoms with E-state index in [0.29, 0.717) is 116 Å². The lowest BCUT2D eigenvalue weighted by Gasteiger charge is -2.25. The monoisotopic (exact) mass is 793 g/mol. The van der Waals surface area contributed by atoms with Crippen molar-refractivity contribution in [3.63, 3.8) is 0 Å². The molecule has 1 fully saturated rings. The molecule has 1 unspecified atom stereocenters. The second-order valence-electron chi connectivity index (χ2n) is 14.0. The molecule has 17 N–H and O–H groups in total. The number of primary amides is 1. The minimum absolute atomic E-state index is 0.131. The van der Waals surface area contributed by atoms with E-state index >= 15 is 0 Å². The van der Waals surface area contributed by atoms with Gasteiger partial charge in [0.15, 0.2) is 0 Å². The van der Waals surface area contributed by atoms with Gasteiger partial charge < -0.3 is 65.5 Å². The van der Waals surface area contributed by atoms with E-state index in [0.717, 1.165) is 12.0 Å². The molecule has 0 saturated carbocycles. The minimum Gasteiger partial charge on any atom is -0.508 e. The largest absolute Gasteiger partial charge is 0.508 e. The molecule has 1 aliphatic rings. The van der Waals surface area contributed by atoms with E-state index in [9.17, 15) is 39.0 Å². The summed E-state index contributed by atoms with van der Waals surface area (Å²) in [5, 5.41) is 26.8. The van der Waals surface area contributed by atoms with E-state index in [1.165, 1.54) is 4.90 Å². The number of rotatable bonds is 26. The van der Waals surface area contributed by atoms with Gasteiger partial charge in [0.2, 0.25) is 29.5 Å². The molecule has 2 rings (SSSR count). The van der Waals surface area contributed by atoms with Gasteiger partial charge in [-0.25, -0.2) is 4.79 Å². The highest BCUT2D eigenvalue weighted by Crippen LogP contribution is 2.34. The minimum atomic E-state index is -0.975. The standard InChI is InChI=1S/C24H51N9O4.C14H17NO4/c25-13-5-1-9-17(29)22(35)32-19(11-3-7-15-27)24(37)33-20(12-4-8-16-28)23(36)31-18(21(30)34)10-2-6-14-26;1-2-12(17)15-8-7-11(13(15)14(18)19)9-3-5-10(16)6-4-9/h17-20H,1-16,25-29H2,(H2,30,34)(H,31,36)(H,32,35)(H,33,37);3-6,11,13,16H,2,7-8H2,1H3,(H,18,19)/t17-,18-,19-,20-;11?,13-/m00/s1. The summed E-state index contributed by atoms with van der Waals surface area (Å²) in [7, 11) is 0. The van der Waals surface area contributed by atoms with Gasteiger partial charge >= 0.3 is 5.97 Å². The molecular formula is C38H68N10O8. The van der Waals surface area contributed by atoms with E-state index < -0.39 is 59.8 Å². The number of carbonyl (C=O) groups excluding carboxylic acids is 5. The number of nitrogens with two attached hydrogens (primary N) is 6. The molecule has 0 bridgehead atoms. The Hall–Kier alpha value is -4.36. The number of aromatic hydroxyl groups is 1. The number of carboxylic acid groups (broad SMARTS) is 1. The number of aliphatic carboxylic acids is 1. The summed E-state index contributed by atoms with van der Waals surface area (Å²) >= 11 is 0. The van der Waals surface area contributed by atoms with Crippen molar-refractivity contribution in [2.45, 2.75) is 133 Å². The molecule has 1 saturated heterocycles. The third-order valence-electron chi connectivity index (χ3n) is 9.67. The maximum absolute atomic E-state index is 13.2. The Morgan fingerprint density at radius 3 is 1.55 bits per heavy atom. The van der Waals surface area contributed by atoms with Crippen molar-refractivity contribution in [1.29, 1.82) is 0 Å². The number of hydrogen-bond acceptors (Lipinski definition) is 12. The van der Waals surface area contributed by atoms with Gasteiger partial charge in [0, 0.05) is 18.9 Å². The van der Waals surface area contributed by atoms with Crippen LogP contribution in [0.5, 0.6) is 5.75 Å². The third-order valence-corrected chi connectivity index (χ3v) is 9.67. The van der Waals surface area contributed by atoms with E-state index in [1.807, 2.05) is 0 Å². The Balaban J connectivity index is 0.000000682. The molecular weight excluding hydrogens is 724 g/mol. The molecule has 1 aromatic carbocycles. The summed E-state index contributed by atoms with van der Waals surface area (Å²) in [6.45, 7) is 4.06. The van der Waals surface area contributed by atoms with Crippen LogP contribution in [0.4, 0.5) is 0 Å². The summed E-state index contributed by atoms with van der Waals surface area (Å²) in [5.41, 5.74) is 34.5. The topological polar surface area (TPSA) is 338 Å². The Morgan fingerprint density at radius 2 is 1.12 bits per heavy atom. The number of amides is 5. The number of benzene rings is 1. The summed E-state index contributed by atoms with van der Waals surface area (Å²) in [5.74, 6) is -3.30. The number of unbranched alkanes of at least 4 members (excludes halogenated alkanes) is 4. The van der Waals surface area contributed by atoms with Gasteiger partial charge in [-0.2, -0.15) is 0 Å². The number of carboxylic acids is 1. The number of nitrogens with zero attached hydrogens (tertiary/aromatic N) is 1. The van der Waals surface area contributed by atoms with Crippen molar-refractivity contribution in [2.75, 3.05) is 32.7 Å². The molecule has 5 amide bonds. The van der Waals surface area contributed by atoms with Crippen molar-refractivity contribution in [3.8, 4) is 5.75 Å². The first-order valence-corrected chi connectivity index (χ1v) is 19.8. The van der Waals surface area contributed by atoms with Crippen LogP contribution in [0, 0.1) is 0 Å². The molecule has 318 valence electrons. The Morgan fingerprint density at radius 1 is 0.696 bits per heavy atom. The molecule has 0 aromatic heterocycles. The van der Waals surface area contributed by atoms with Crippen LogP contribution in [0.3, 0.4) is 0 Å². The smallest absolute Gasteiger partial charge is 0.327 e. The molecule has 0 radical (unpaired) electrons. The Bertz CT molecular complexity index is 1350. The molecule has 1 heterocycles. The van der Waals surface area contributed by atoms with E-state index in [2.05, 4.69) is 16.0 Å². The van der Waals surface area contributed by atoms with Crippen LogP contribution in [-0.2, 0) is 28.8 Å². The average Bonchev–Trinajstić information content (AvgIpc) is 3.63. The lowest BCUT2D eigenvalue weighted by Crippen LogP contribution is -2.57. The molecule has 0 aliphatic carbocycles. The summed E-state index contributed by atoms with van der Waals surface area (Å²) in [6.07, 6.45) is 7.66. The normalized spacial score (nSPS) is 17.1. The number of hydrogen-bond donors (Lipinski definition) is 11. The van der Waals surface area contributed by atoms with Gasteiger partial charge in [0.05, 0.1) is 6.04 Å². The summed E-state index contributed by atoms with van der Waals surface area (Å²) in [4.78, 5) is 75.4. The number of phenolic OH excluding ortho intramolecular Hbond substituents is 1. The number of nitrogens with one attached hydrogen (secondary N) is 3. The lowest BCUT2D eigenvalue weighted by atomic mass is 9.91. The van der Waals surface area contributed by atoms with Crippen LogP contribution < -0.4 is 50.4 Å². The Labute approximate surface area is 330 Å². The van der Waals surface area contributed by atoms with Gasteiger partial charge in [-0.05, 0) is 121 Å². The van der Waals surface area contributed by atoms with Crippen LogP contribution in [0.2, 0.25) is 0 Å². The van der Waals surface area contributed by atoms with Crippen LogP contribution in [0.15, 0.2) is 24.3 Å². The van der Waals surface area contributed by atoms with Crippen molar-refractivity contribution in [1.82, 2.24) is 20.9 Å². The van der Waals surface area contributed by atoms with Crippen molar-refractivity contribution < 1.29 is 39.0 Å². The zero-order valence-corrected chi connectivity index (χ0v) is 33.0. The maximum atomic E-state index is 13.2. The molecule has 1 aromatic rings. The van der Waals surface area contributed by atoms with E-state index in [4.69, 9.17) is 34.4 Å². The summed E-state index contributed by atoms with van der Waals surface area (Å²) < 4.78 is 0. The van der Waals surface area contributed by atoms with Crippen LogP contribution in [-0.4, -0.2) is 114 Å². The first-order valence-electron chi connectivity index (χ1n) is 19.8. The molecule has 6 atom stereocenters. The van der Waals surface area contributed by atoms with Crippen molar-refractivity contribution in [3.05, 3.63) is 29.8 Å². The van der Waals surface area contributed by atoms with Crippen LogP contribution in [0.25, 0.3) is 0 Å². The molecule has 18 nitrogen and oxygen atoms in total. The highest BCUT2D eigenvalue weighted by atomic mass is 16.4. The first-order chi connectivity index (χ1) is 26.7. The second kappa shape index (κ2) is 28.1. The molecule has 56 heavy (non-hydrogen) atoms. The fourth-order valence-corrected chi connectivity index (χ4v) is 6.42. The zero-order valence-electron chi connectivity index (χ0n) is 33.0. The lowest BCUT2D eigenvalue weighted by molar-refractivity contribution is -0.148. The van der Waals surface area contributed by atoms with Gasteiger partial charge in [0.1, 0.15) is 29.9 Å². The highest BCUT2D eigenvalue weighted by molar-refractivity contribution is 5.94. The van der Waals surface area contributed by atoms with E-state index in [1.54, 1.807) is 31.2 Å². The van der Waals surface area contributed by atoms with Gasteiger partial charge in [-0.1, -0.05) is 25.5 Å². The fourth-order valence-electron chi connectivity index (χ4n) is 6.42. The predicted molar refractivity (Wildman–Crippen MR) is 213 cm³/mol. The number of carbonyl (C=O) groups is 6. The summed E-state index contributed by atoms with van der Waals surface area (Å²) in [6, 6.07) is 2.24. The fraction of sp³-hybridized carbons (Fsp3) is 0.684. The van der Waals surface area contributed by atoms with Gasteiger partial charge in [-0.3, -0.25) is 24.0 Å². The Kier molecular flexibility index (Phi) is 24.9. The zero-order chi connectivity index (χ0) is 42.0. The van der Waals surface area contributed by atoms with E-state index in [-0.39, 0.29) is 17.6 Å². The quantitative estimate of drug-likeness (QED) is 0.0520. The molecule has 0 spiro atoms. The number of likely N-dealkylation sites (tertiary alicyclic amines) is 1. The SMILES string of the molecule is CCC(=O)N1CCC(c2ccc(O)cc2)[C@H]1C(=O)O.NCCCC[C@H](NC(=O)[C@H](CCCCN)NC(=O)[C@H](CCCCN)NC(=O)[C@@H](N)CCCCN)C(N)=O. The highest BCUT2D eigenvalue weighted by Gasteiger charge is 2.42. The van der Waals surface area contributed by atoms with Crippen LogP contribution >= 0.6 is 0 Å². The van der Waals surface area contributed by atoms with Crippen molar-refractivity contribution >= 4 is 35.5 Å². The van der Waals surface area contributed by atoms with Gasteiger partial charge in [0.25, 0.3) is 0 Å². The predicted octanol–water partition coefficient (Wildman–Crippen LogP) is -0.659. The maximum Gasteiger partial charge on any atom is 0.327 e. The number of phenols is 1. The molecule has 1 aliphatic heterocycles. The third kappa shape index (κ3) is 18.1. The van der Waals surface area contributed by atoms with Gasteiger partial charge in [-0.15, -0.1) is 0 Å². The molecule has 18 heteroatoms.